The first-order valence-electron chi connectivity index (χ1n) is 6.15. The largest absolute Gasteiger partial charge is 0.465 e. The third kappa shape index (κ3) is 3.43. The molecule has 0 radical (unpaired) electrons. The second kappa shape index (κ2) is 5.25. The number of aromatic nitrogens is 3. The lowest BCUT2D eigenvalue weighted by atomic mass is 9.80. The number of nitrogen functional groups attached to an aromatic ring is 1. The van der Waals surface area contributed by atoms with Crippen LogP contribution in [0.15, 0.2) is 6.20 Å². The zero-order chi connectivity index (χ0) is 13.9. The van der Waals surface area contributed by atoms with E-state index in [9.17, 15) is 4.79 Å². The normalized spacial score (nSPS) is 18.1. The number of rotatable bonds is 3. The molecule has 1 aromatic rings. The maximum absolute atomic E-state index is 10.5. The first-order chi connectivity index (χ1) is 8.98. The molecule has 1 aliphatic rings. The molecule has 1 aromatic heterocycles. The topological polar surface area (TPSA) is 117 Å². The highest BCUT2D eigenvalue weighted by Crippen LogP contribution is 2.31. The van der Waals surface area contributed by atoms with Gasteiger partial charge in [-0.15, -0.1) is 5.10 Å². The molecule has 0 unspecified atom stereocenters. The minimum Gasteiger partial charge on any atom is -0.465 e. The number of hydrogen-bond acceptors (Lipinski definition) is 6. The lowest BCUT2D eigenvalue weighted by molar-refractivity contribution is 0.178. The average Bonchev–Trinajstić information content (AvgIpc) is 2.37. The number of nitrogens with two attached hydrogens (primary N) is 1. The third-order valence-corrected chi connectivity index (χ3v) is 3.49. The van der Waals surface area contributed by atoms with Gasteiger partial charge in [0.15, 0.2) is 0 Å². The maximum atomic E-state index is 10.5. The predicted molar refractivity (Wildman–Crippen MR) is 69.8 cm³/mol. The Bertz CT molecular complexity index is 458. The summed E-state index contributed by atoms with van der Waals surface area (Å²) in [6.07, 6.45) is 2.16. The molecule has 0 saturated carbocycles. The molecule has 0 bridgehead atoms. The maximum Gasteiger partial charge on any atom is 0.404 e. The standard InChI is InChI=1S/C11H18N6O2/c1-11(7-13-10(18)19)2-4-17(5-3-11)9-15-8(12)6-14-16-9/h6,13H,2-5,7H2,1H3,(H,18,19)(H2,12,15,16). The summed E-state index contributed by atoms with van der Waals surface area (Å²) in [5, 5.41) is 18.9. The Morgan fingerprint density at radius 1 is 1.58 bits per heavy atom. The number of piperidine rings is 1. The second-order valence-corrected chi connectivity index (χ2v) is 5.14. The molecule has 8 nitrogen and oxygen atoms in total. The highest BCUT2D eigenvalue weighted by Gasteiger charge is 2.31. The highest BCUT2D eigenvalue weighted by atomic mass is 16.4. The van der Waals surface area contributed by atoms with Gasteiger partial charge in [-0.25, -0.2) is 4.79 Å². The van der Waals surface area contributed by atoms with Crippen molar-refractivity contribution in [2.24, 2.45) is 5.41 Å². The number of carbonyl (C=O) groups is 1. The summed E-state index contributed by atoms with van der Waals surface area (Å²) in [6, 6.07) is 0. The molecule has 1 fully saturated rings. The van der Waals surface area contributed by atoms with E-state index in [2.05, 4.69) is 27.4 Å². The van der Waals surface area contributed by atoms with Gasteiger partial charge in [0, 0.05) is 19.6 Å². The number of anilines is 2. The molecular weight excluding hydrogens is 248 g/mol. The first kappa shape index (κ1) is 13.3. The van der Waals surface area contributed by atoms with E-state index in [1.165, 1.54) is 6.20 Å². The van der Waals surface area contributed by atoms with Gasteiger partial charge in [0.1, 0.15) is 5.82 Å². The number of nitrogens with one attached hydrogen (secondary N) is 1. The number of hydrogen-bond donors (Lipinski definition) is 3. The number of nitrogens with zero attached hydrogens (tertiary/aromatic N) is 4. The van der Waals surface area contributed by atoms with Crippen molar-refractivity contribution in [2.45, 2.75) is 19.8 Å². The Morgan fingerprint density at radius 3 is 2.84 bits per heavy atom. The fraction of sp³-hybridized carbons (Fsp3) is 0.636. The van der Waals surface area contributed by atoms with Crippen LogP contribution in [-0.4, -0.2) is 46.0 Å². The molecule has 2 rings (SSSR count). The zero-order valence-electron chi connectivity index (χ0n) is 10.8. The number of amides is 1. The van der Waals surface area contributed by atoms with Gasteiger partial charge in [0.05, 0.1) is 6.20 Å². The summed E-state index contributed by atoms with van der Waals surface area (Å²) in [4.78, 5) is 16.7. The van der Waals surface area contributed by atoms with Crippen LogP contribution in [0, 0.1) is 5.41 Å². The van der Waals surface area contributed by atoms with E-state index in [-0.39, 0.29) is 5.41 Å². The second-order valence-electron chi connectivity index (χ2n) is 5.14. The van der Waals surface area contributed by atoms with Crippen LogP contribution in [0.5, 0.6) is 0 Å². The fourth-order valence-electron chi connectivity index (χ4n) is 2.15. The van der Waals surface area contributed by atoms with Crippen molar-refractivity contribution < 1.29 is 9.90 Å². The van der Waals surface area contributed by atoms with Crippen LogP contribution >= 0.6 is 0 Å². The Balaban J connectivity index is 1.93. The van der Waals surface area contributed by atoms with E-state index in [0.717, 1.165) is 25.9 Å². The van der Waals surface area contributed by atoms with Crippen LogP contribution in [0.25, 0.3) is 0 Å². The lowest BCUT2D eigenvalue weighted by Gasteiger charge is -2.39. The van der Waals surface area contributed by atoms with E-state index in [1.54, 1.807) is 0 Å². The molecule has 2 heterocycles. The first-order valence-corrected chi connectivity index (χ1v) is 6.15. The molecule has 0 atom stereocenters. The van der Waals surface area contributed by atoms with Gasteiger partial charge in [-0.2, -0.15) is 10.1 Å². The highest BCUT2D eigenvalue weighted by molar-refractivity contribution is 5.64. The lowest BCUT2D eigenvalue weighted by Crippen LogP contribution is -2.45. The summed E-state index contributed by atoms with van der Waals surface area (Å²) in [5.74, 6) is 0.888. The zero-order valence-corrected chi connectivity index (χ0v) is 10.8. The molecule has 4 N–H and O–H groups in total. The van der Waals surface area contributed by atoms with Gasteiger partial charge < -0.3 is 21.1 Å². The van der Waals surface area contributed by atoms with Gasteiger partial charge in [-0.1, -0.05) is 6.92 Å². The minimum absolute atomic E-state index is 0.0252. The van der Waals surface area contributed by atoms with Crippen molar-refractivity contribution in [2.75, 3.05) is 30.3 Å². The van der Waals surface area contributed by atoms with Crippen LogP contribution in [0.1, 0.15) is 19.8 Å². The molecule has 104 valence electrons. The van der Waals surface area contributed by atoms with E-state index in [1.807, 2.05) is 4.90 Å². The SMILES string of the molecule is CC1(CNC(=O)O)CCN(c2nncc(N)n2)CC1. The fourth-order valence-corrected chi connectivity index (χ4v) is 2.15. The monoisotopic (exact) mass is 266 g/mol. The molecule has 1 saturated heterocycles. The van der Waals surface area contributed by atoms with Crippen LogP contribution in [0.2, 0.25) is 0 Å². The smallest absolute Gasteiger partial charge is 0.404 e. The summed E-state index contributed by atoms with van der Waals surface area (Å²) in [6.45, 7) is 4.08. The Morgan fingerprint density at radius 2 is 2.26 bits per heavy atom. The molecule has 1 aliphatic heterocycles. The van der Waals surface area contributed by atoms with Crippen molar-refractivity contribution >= 4 is 17.9 Å². The Hall–Kier alpha value is -2.12. The van der Waals surface area contributed by atoms with E-state index in [0.29, 0.717) is 18.3 Å². The molecule has 1 amide bonds. The molecule has 8 heteroatoms. The Labute approximate surface area is 111 Å². The minimum atomic E-state index is -0.980. The van der Waals surface area contributed by atoms with Crippen LogP contribution in [-0.2, 0) is 0 Å². The van der Waals surface area contributed by atoms with Gasteiger partial charge in [-0.3, -0.25) is 0 Å². The van der Waals surface area contributed by atoms with Gasteiger partial charge in [-0.05, 0) is 18.3 Å². The van der Waals surface area contributed by atoms with Crippen molar-refractivity contribution in [3.63, 3.8) is 0 Å². The van der Waals surface area contributed by atoms with Crippen LogP contribution in [0.3, 0.4) is 0 Å². The van der Waals surface area contributed by atoms with Crippen molar-refractivity contribution in [3.8, 4) is 0 Å². The summed E-state index contributed by atoms with van der Waals surface area (Å²) >= 11 is 0. The predicted octanol–water partition coefficient (Wildman–Crippen LogP) is 0.328. The van der Waals surface area contributed by atoms with Crippen molar-refractivity contribution in [1.82, 2.24) is 20.5 Å². The summed E-state index contributed by atoms with van der Waals surface area (Å²) in [5.41, 5.74) is 5.56. The molecule has 0 aromatic carbocycles. The van der Waals surface area contributed by atoms with E-state index in [4.69, 9.17) is 10.8 Å². The van der Waals surface area contributed by atoms with Crippen LogP contribution < -0.4 is 16.0 Å². The summed E-state index contributed by atoms with van der Waals surface area (Å²) in [7, 11) is 0. The van der Waals surface area contributed by atoms with Gasteiger partial charge >= 0.3 is 6.09 Å². The number of carboxylic acid groups (broad SMARTS) is 1. The van der Waals surface area contributed by atoms with Gasteiger partial charge in [0.25, 0.3) is 0 Å². The quantitative estimate of drug-likeness (QED) is 0.721. The summed E-state index contributed by atoms with van der Waals surface area (Å²) < 4.78 is 0. The average molecular weight is 266 g/mol. The van der Waals surface area contributed by atoms with E-state index >= 15 is 0 Å². The van der Waals surface area contributed by atoms with Crippen molar-refractivity contribution in [3.05, 3.63) is 6.20 Å². The molecule has 0 spiro atoms. The van der Waals surface area contributed by atoms with Crippen molar-refractivity contribution in [1.29, 1.82) is 0 Å². The molecular formula is C11H18N6O2. The third-order valence-electron chi connectivity index (χ3n) is 3.49. The molecule has 0 aliphatic carbocycles. The van der Waals surface area contributed by atoms with E-state index < -0.39 is 6.09 Å². The van der Waals surface area contributed by atoms with Crippen LogP contribution in [0.4, 0.5) is 16.6 Å². The molecule has 19 heavy (non-hydrogen) atoms. The van der Waals surface area contributed by atoms with Gasteiger partial charge in [0.2, 0.25) is 5.95 Å². The Kier molecular flexibility index (Phi) is 3.68.